The van der Waals surface area contributed by atoms with Crippen LogP contribution in [0.1, 0.15) is 22.8 Å². The Balaban J connectivity index is 2.32. The second kappa shape index (κ2) is 6.06. The van der Waals surface area contributed by atoms with E-state index >= 15 is 0 Å². The van der Waals surface area contributed by atoms with Crippen molar-refractivity contribution < 1.29 is 14.3 Å². The Hall–Kier alpha value is -2.56. The molecule has 0 saturated heterocycles. The summed E-state index contributed by atoms with van der Waals surface area (Å²) in [7, 11) is 0. The van der Waals surface area contributed by atoms with Crippen LogP contribution in [0, 0.1) is 6.92 Å². The highest BCUT2D eigenvalue weighted by atomic mass is 16.5. The third kappa shape index (κ3) is 2.88. The molecular formula is C15H16N2O3. The van der Waals surface area contributed by atoms with Gasteiger partial charge in [0.1, 0.15) is 11.4 Å². The van der Waals surface area contributed by atoms with Crippen LogP contribution in [0.3, 0.4) is 0 Å². The number of anilines is 1. The zero-order valence-electron chi connectivity index (χ0n) is 11.4. The molecule has 0 bridgehead atoms. The Morgan fingerprint density at radius 1 is 1.30 bits per heavy atom. The first-order valence-electron chi connectivity index (χ1n) is 6.28. The summed E-state index contributed by atoms with van der Waals surface area (Å²) in [6.07, 6.45) is 1.47. The lowest BCUT2D eigenvalue weighted by atomic mass is 10.2. The number of pyridine rings is 1. The predicted octanol–water partition coefficient (Wildman–Crippen LogP) is 2.94. The number of para-hydroxylation sites is 1. The number of carbonyl (C=O) groups excluding carboxylic acids is 1. The normalized spacial score (nSPS) is 10.1. The molecule has 20 heavy (non-hydrogen) atoms. The Kier molecular flexibility index (Phi) is 4.20. The molecule has 5 heteroatoms. The van der Waals surface area contributed by atoms with Crippen molar-refractivity contribution in [2.45, 2.75) is 13.8 Å². The minimum atomic E-state index is -0.484. The lowest BCUT2D eigenvalue weighted by Crippen LogP contribution is -2.09. The van der Waals surface area contributed by atoms with Crippen LogP contribution in [-0.2, 0) is 4.74 Å². The van der Waals surface area contributed by atoms with Gasteiger partial charge in [-0.1, -0.05) is 18.2 Å². The number of hydrogen-bond donors (Lipinski definition) is 1. The van der Waals surface area contributed by atoms with Crippen molar-refractivity contribution in [3.8, 4) is 11.6 Å². The molecule has 0 saturated carbocycles. The van der Waals surface area contributed by atoms with E-state index in [1.54, 1.807) is 6.92 Å². The van der Waals surface area contributed by atoms with Crippen molar-refractivity contribution in [2.24, 2.45) is 0 Å². The molecule has 0 spiro atoms. The highest BCUT2D eigenvalue weighted by Gasteiger charge is 2.16. The Labute approximate surface area is 117 Å². The molecule has 104 valence electrons. The summed E-state index contributed by atoms with van der Waals surface area (Å²) >= 11 is 0. The molecule has 0 aliphatic carbocycles. The lowest BCUT2D eigenvalue weighted by Gasteiger charge is -2.11. The highest BCUT2D eigenvalue weighted by molar-refractivity contribution is 5.96. The number of hydrogen-bond acceptors (Lipinski definition) is 5. The smallest absolute Gasteiger partial charge is 0.340 e. The first-order chi connectivity index (χ1) is 9.63. The highest BCUT2D eigenvalue weighted by Crippen LogP contribution is 2.29. The SMILES string of the molecule is CCOC(=O)c1ccnc(Oc2ccccc2C)c1N. The summed E-state index contributed by atoms with van der Waals surface area (Å²) < 4.78 is 10.6. The predicted molar refractivity (Wildman–Crippen MR) is 75.9 cm³/mol. The molecule has 1 heterocycles. The Bertz CT molecular complexity index is 626. The quantitative estimate of drug-likeness (QED) is 0.866. The number of nitrogen functional groups attached to an aromatic ring is 1. The van der Waals surface area contributed by atoms with Crippen LogP contribution in [0.2, 0.25) is 0 Å². The number of nitrogens with two attached hydrogens (primary N) is 1. The fraction of sp³-hybridized carbons (Fsp3) is 0.200. The summed E-state index contributed by atoms with van der Waals surface area (Å²) in [5.74, 6) is 0.361. The number of nitrogens with zero attached hydrogens (tertiary/aromatic N) is 1. The number of benzene rings is 1. The first-order valence-corrected chi connectivity index (χ1v) is 6.28. The van der Waals surface area contributed by atoms with E-state index in [2.05, 4.69) is 4.98 Å². The van der Waals surface area contributed by atoms with E-state index in [1.807, 2.05) is 31.2 Å². The second-order valence-electron chi connectivity index (χ2n) is 4.17. The van der Waals surface area contributed by atoms with Crippen molar-refractivity contribution in [1.82, 2.24) is 4.98 Å². The molecule has 0 aliphatic heterocycles. The van der Waals surface area contributed by atoms with Crippen LogP contribution in [0.5, 0.6) is 11.6 Å². The van der Waals surface area contributed by atoms with Gasteiger partial charge in [-0.3, -0.25) is 0 Å². The molecule has 0 radical (unpaired) electrons. The van der Waals surface area contributed by atoms with Gasteiger partial charge in [0.25, 0.3) is 0 Å². The largest absolute Gasteiger partial charge is 0.462 e. The third-order valence-electron chi connectivity index (χ3n) is 2.75. The van der Waals surface area contributed by atoms with Gasteiger partial charge in [-0.15, -0.1) is 0 Å². The Morgan fingerprint density at radius 3 is 2.75 bits per heavy atom. The van der Waals surface area contributed by atoms with Crippen LogP contribution in [0.4, 0.5) is 5.69 Å². The van der Waals surface area contributed by atoms with Gasteiger partial charge in [-0.2, -0.15) is 0 Å². The van der Waals surface area contributed by atoms with Crippen LogP contribution in [-0.4, -0.2) is 17.6 Å². The molecule has 2 aromatic rings. The molecular weight excluding hydrogens is 256 g/mol. The number of rotatable bonds is 4. The van der Waals surface area contributed by atoms with Crippen LogP contribution < -0.4 is 10.5 Å². The van der Waals surface area contributed by atoms with E-state index in [4.69, 9.17) is 15.2 Å². The number of carbonyl (C=O) groups is 1. The maximum atomic E-state index is 11.8. The molecule has 5 nitrogen and oxygen atoms in total. The maximum absolute atomic E-state index is 11.8. The van der Waals surface area contributed by atoms with Gasteiger partial charge in [-0.05, 0) is 31.5 Å². The topological polar surface area (TPSA) is 74.4 Å². The monoisotopic (exact) mass is 272 g/mol. The van der Waals surface area contributed by atoms with Crippen molar-refractivity contribution in [1.29, 1.82) is 0 Å². The van der Waals surface area contributed by atoms with Gasteiger partial charge in [0.15, 0.2) is 0 Å². The van der Waals surface area contributed by atoms with Gasteiger partial charge in [-0.25, -0.2) is 9.78 Å². The minimum absolute atomic E-state index is 0.175. The standard InChI is InChI=1S/C15H16N2O3/c1-3-19-15(18)11-8-9-17-14(13(11)16)20-12-7-5-4-6-10(12)2/h4-9H,3,16H2,1-2H3. The summed E-state index contributed by atoms with van der Waals surface area (Å²) in [6.45, 7) is 3.94. The summed E-state index contributed by atoms with van der Waals surface area (Å²) in [5.41, 5.74) is 7.31. The molecule has 1 aromatic carbocycles. The van der Waals surface area contributed by atoms with Gasteiger partial charge < -0.3 is 15.2 Å². The van der Waals surface area contributed by atoms with Gasteiger partial charge in [0.05, 0.1) is 12.2 Å². The molecule has 0 atom stereocenters. The lowest BCUT2D eigenvalue weighted by molar-refractivity contribution is 0.0527. The fourth-order valence-corrected chi connectivity index (χ4v) is 1.70. The van der Waals surface area contributed by atoms with Gasteiger partial charge >= 0.3 is 5.97 Å². The molecule has 2 N–H and O–H groups in total. The van der Waals surface area contributed by atoms with E-state index in [0.29, 0.717) is 5.75 Å². The minimum Gasteiger partial charge on any atom is -0.462 e. The van der Waals surface area contributed by atoms with E-state index in [1.165, 1.54) is 12.3 Å². The van der Waals surface area contributed by atoms with Crippen LogP contribution in [0.15, 0.2) is 36.5 Å². The summed E-state index contributed by atoms with van der Waals surface area (Å²) in [4.78, 5) is 15.8. The third-order valence-corrected chi connectivity index (χ3v) is 2.75. The number of aryl methyl sites for hydroxylation is 1. The summed E-state index contributed by atoms with van der Waals surface area (Å²) in [6, 6.07) is 9.01. The number of aromatic nitrogens is 1. The molecule has 0 aliphatic rings. The molecule has 0 fully saturated rings. The van der Waals surface area contributed by atoms with Crippen LogP contribution >= 0.6 is 0 Å². The second-order valence-corrected chi connectivity index (χ2v) is 4.17. The first kappa shape index (κ1) is 13.9. The Morgan fingerprint density at radius 2 is 2.05 bits per heavy atom. The van der Waals surface area contributed by atoms with Crippen molar-refractivity contribution >= 4 is 11.7 Å². The average Bonchev–Trinajstić information content (AvgIpc) is 2.43. The summed E-state index contributed by atoms with van der Waals surface area (Å²) in [5, 5.41) is 0. The van der Waals surface area contributed by atoms with E-state index in [9.17, 15) is 4.79 Å². The molecule has 2 rings (SSSR count). The van der Waals surface area contributed by atoms with Crippen molar-refractivity contribution in [3.05, 3.63) is 47.7 Å². The molecule has 0 unspecified atom stereocenters. The fourth-order valence-electron chi connectivity index (χ4n) is 1.70. The number of ether oxygens (including phenoxy) is 2. The van der Waals surface area contributed by atoms with Gasteiger partial charge in [0, 0.05) is 6.20 Å². The number of esters is 1. The average molecular weight is 272 g/mol. The molecule has 1 aromatic heterocycles. The maximum Gasteiger partial charge on any atom is 0.340 e. The van der Waals surface area contributed by atoms with E-state index in [-0.39, 0.29) is 23.7 Å². The van der Waals surface area contributed by atoms with E-state index in [0.717, 1.165) is 5.56 Å². The van der Waals surface area contributed by atoms with E-state index < -0.39 is 5.97 Å². The zero-order chi connectivity index (χ0) is 14.5. The van der Waals surface area contributed by atoms with Crippen molar-refractivity contribution in [2.75, 3.05) is 12.3 Å². The van der Waals surface area contributed by atoms with Gasteiger partial charge in [0.2, 0.25) is 5.88 Å². The van der Waals surface area contributed by atoms with Crippen LogP contribution in [0.25, 0.3) is 0 Å². The zero-order valence-corrected chi connectivity index (χ0v) is 11.4. The van der Waals surface area contributed by atoms with Crippen molar-refractivity contribution in [3.63, 3.8) is 0 Å². The molecule has 0 amide bonds.